The largest absolute Gasteiger partial charge is 0.472 e. The van der Waals surface area contributed by atoms with E-state index in [0.29, 0.717) is 6.42 Å². The van der Waals surface area contributed by atoms with Crippen LogP contribution in [0.1, 0.15) is 136 Å². The normalized spacial score (nSPS) is 13.8. The smallest absolute Gasteiger partial charge is 0.462 e. The molecule has 0 aromatic rings. The number of nitrogens with two attached hydrogens (primary N) is 1. The lowest BCUT2D eigenvalue weighted by Gasteiger charge is -2.19. The molecule has 0 amide bonds. The number of phosphoric ester groups is 1. The maximum absolute atomic E-state index is 12.4. The molecule has 40 heavy (non-hydrogen) atoms. The van der Waals surface area contributed by atoms with Gasteiger partial charge in [0.1, 0.15) is 6.61 Å². The summed E-state index contributed by atoms with van der Waals surface area (Å²) < 4.78 is 32.2. The molecule has 0 heterocycles. The van der Waals surface area contributed by atoms with Gasteiger partial charge in [-0.15, -0.1) is 0 Å². The molecule has 10 heteroatoms. The zero-order chi connectivity index (χ0) is 29.7. The van der Waals surface area contributed by atoms with Gasteiger partial charge in [-0.3, -0.25) is 18.6 Å². The van der Waals surface area contributed by atoms with Crippen molar-refractivity contribution in [1.29, 1.82) is 0 Å². The first-order chi connectivity index (χ1) is 19.3. The van der Waals surface area contributed by atoms with Crippen LogP contribution in [0, 0.1) is 0 Å². The third-order valence-corrected chi connectivity index (χ3v) is 7.39. The molecule has 1 unspecified atom stereocenters. The van der Waals surface area contributed by atoms with Gasteiger partial charge in [-0.05, 0) is 38.5 Å². The first kappa shape index (κ1) is 38.8. The van der Waals surface area contributed by atoms with E-state index in [2.05, 4.69) is 26.0 Å². The summed E-state index contributed by atoms with van der Waals surface area (Å²) >= 11 is 0. The third kappa shape index (κ3) is 26.9. The molecule has 0 bridgehead atoms. The zero-order valence-corrected chi connectivity index (χ0v) is 26.2. The fraction of sp³-hybridized carbons (Fsp3) is 0.867. The molecule has 9 nitrogen and oxygen atoms in total. The van der Waals surface area contributed by atoms with E-state index in [-0.39, 0.29) is 32.6 Å². The van der Waals surface area contributed by atoms with Gasteiger partial charge < -0.3 is 20.1 Å². The Bertz CT molecular complexity index is 689. The first-order valence-corrected chi connectivity index (χ1v) is 17.2. The minimum atomic E-state index is -4.35. The predicted octanol–water partition coefficient (Wildman–Crippen LogP) is 7.54. The van der Waals surface area contributed by atoms with Gasteiger partial charge >= 0.3 is 19.8 Å². The SMILES string of the molecule is CCCCCCCC/C=C/CCCCCCCC(=O)O[C@H](COC(=O)CCCCCC)COP(=O)(O)OCCN. The summed E-state index contributed by atoms with van der Waals surface area (Å²) in [6.07, 6.45) is 23.0. The Morgan fingerprint density at radius 3 is 1.80 bits per heavy atom. The lowest BCUT2D eigenvalue weighted by atomic mass is 10.1. The van der Waals surface area contributed by atoms with E-state index >= 15 is 0 Å². The van der Waals surface area contributed by atoms with Crippen LogP contribution in [0.4, 0.5) is 0 Å². The standard InChI is InChI=1S/C30H58NO8P/c1-3-5-7-9-10-11-12-13-14-15-16-17-18-19-21-23-30(33)39-28(27-38-40(34,35)37-25-24-31)26-36-29(32)22-20-8-6-4-2/h13-14,28H,3-12,15-27,31H2,1-2H3,(H,34,35)/b14-13+/t28-/m1/s1. The molecule has 0 aromatic heterocycles. The Balaban J connectivity index is 4.19. The summed E-state index contributed by atoms with van der Waals surface area (Å²) in [5.74, 6) is -0.859. The van der Waals surface area contributed by atoms with Crippen molar-refractivity contribution >= 4 is 19.8 Å². The number of unbranched alkanes of at least 4 members (excludes halogenated alkanes) is 14. The minimum Gasteiger partial charge on any atom is -0.462 e. The number of phosphoric acid groups is 1. The molecule has 3 N–H and O–H groups in total. The molecule has 0 radical (unpaired) electrons. The van der Waals surface area contributed by atoms with E-state index in [1.807, 2.05) is 0 Å². The fourth-order valence-electron chi connectivity index (χ4n) is 4.04. The number of carbonyl (C=O) groups excluding carboxylic acids is 2. The zero-order valence-electron chi connectivity index (χ0n) is 25.3. The van der Waals surface area contributed by atoms with Gasteiger partial charge in [0.15, 0.2) is 6.10 Å². The first-order valence-electron chi connectivity index (χ1n) is 15.7. The summed E-state index contributed by atoms with van der Waals surface area (Å²) in [4.78, 5) is 34.1. The molecule has 0 rings (SSSR count). The number of esters is 2. The van der Waals surface area contributed by atoms with Crippen molar-refractivity contribution in [2.24, 2.45) is 5.73 Å². The average Bonchev–Trinajstić information content (AvgIpc) is 2.93. The second-order valence-electron chi connectivity index (χ2n) is 10.3. The van der Waals surface area contributed by atoms with Crippen molar-refractivity contribution in [3.05, 3.63) is 12.2 Å². The molecule has 0 aromatic carbocycles. The highest BCUT2D eigenvalue weighted by molar-refractivity contribution is 7.47. The lowest BCUT2D eigenvalue weighted by molar-refractivity contribution is -0.161. The van der Waals surface area contributed by atoms with Crippen molar-refractivity contribution in [1.82, 2.24) is 0 Å². The Labute approximate surface area is 243 Å². The molecule has 2 atom stereocenters. The number of ether oxygens (including phenoxy) is 2. The summed E-state index contributed by atoms with van der Waals surface area (Å²) in [6.45, 7) is 3.55. The molecule has 0 aliphatic rings. The van der Waals surface area contributed by atoms with Crippen molar-refractivity contribution < 1.29 is 37.6 Å². The average molecular weight is 592 g/mol. The van der Waals surface area contributed by atoms with Gasteiger partial charge in [-0.1, -0.05) is 96.6 Å². The van der Waals surface area contributed by atoms with Crippen LogP contribution in [0.5, 0.6) is 0 Å². The van der Waals surface area contributed by atoms with E-state index in [9.17, 15) is 19.0 Å². The lowest BCUT2D eigenvalue weighted by Crippen LogP contribution is -2.29. The summed E-state index contributed by atoms with van der Waals surface area (Å²) in [6, 6.07) is 0. The quantitative estimate of drug-likeness (QED) is 0.0391. The maximum atomic E-state index is 12.4. The second-order valence-corrected chi connectivity index (χ2v) is 11.8. The van der Waals surface area contributed by atoms with Gasteiger partial charge in [0.2, 0.25) is 0 Å². The Kier molecular flexibility index (Phi) is 27.0. The number of allylic oxidation sites excluding steroid dienone is 2. The van der Waals surface area contributed by atoms with Crippen molar-refractivity contribution in [2.75, 3.05) is 26.4 Å². The molecular formula is C30H58NO8P. The Morgan fingerprint density at radius 1 is 0.725 bits per heavy atom. The van der Waals surface area contributed by atoms with Crippen molar-refractivity contribution in [2.45, 2.75) is 142 Å². The van der Waals surface area contributed by atoms with Gasteiger partial charge in [-0.2, -0.15) is 0 Å². The predicted molar refractivity (Wildman–Crippen MR) is 160 cm³/mol. The van der Waals surface area contributed by atoms with Gasteiger partial charge in [0.05, 0.1) is 13.2 Å². The van der Waals surface area contributed by atoms with Crippen LogP contribution in [-0.2, 0) is 32.7 Å². The van der Waals surface area contributed by atoms with Crippen LogP contribution in [0.15, 0.2) is 12.2 Å². The Morgan fingerprint density at radius 2 is 1.23 bits per heavy atom. The van der Waals surface area contributed by atoms with Gasteiger partial charge in [-0.25, -0.2) is 4.57 Å². The maximum Gasteiger partial charge on any atom is 0.472 e. The van der Waals surface area contributed by atoms with Gasteiger partial charge in [0, 0.05) is 19.4 Å². The molecule has 0 aliphatic carbocycles. The number of carbonyl (C=O) groups is 2. The minimum absolute atomic E-state index is 0.0535. The highest BCUT2D eigenvalue weighted by Gasteiger charge is 2.25. The highest BCUT2D eigenvalue weighted by Crippen LogP contribution is 2.43. The van der Waals surface area contributed by atoms with Crippen LogP contribution >= 0.6 is 7.82 Å². The van der Waals surface area contributed by atoms with E-state index in [4.69, 9.17) is 24.3 Å². The number of hydrogen-bond acceptors (Lipinski definition) is 8. The fourth-order valence-corrected chi connectivity index (χ4v) is 4.80. The van der Waals surface area contributed by atoms with E-state index in [0.717, 1.165) is 57.8 Å². The Hall–Kier alpha value is -1.25. The highest BCUT2D eigenvalue weighted by atomic mass is 31.2. The topological polar surface area (TPSA) is 134 Å². The van der Waals surface area contributed by atoms with Crippen molar-refractivity contribution in [3.8, 4) is 0 Å². The molecule has 0 aliphatic heterocycles. The van der Waals surface area contributed by atoms with Crippen LogP contribution < -0.4 is 5.73 Å². The van der Waals surface area contributed by atoms with Crippen LogP contribution in [0.3, 0.4) is 0 Å². The molecule has 0 fully saturated rings. The van der Waals surface area contributed by atoms with Crippen LogP contribution in [0.25, 0.3) is 0 Å². The van der Waals surface area contributed by atoms with Crippen LogP contribution in [-0.4, -0.2) is 49.3 Å². The van der Waals surface area contributed by atoms with E-state index < -0.39 is 32.5 Å². The summed E-state index contributed by atoms with van der Waals surface area (Å²) in [5.41, 5.74) is 5.28. The third-order valence-electron chi connectivity index (χ3n) is 6.40. The molecule has 236 valence electrons. The van der Waals surface area contributed by atoms with E-state index in [1.54, 1.807) is 0 Å². The van der Waals surface area contributed by atoms with Crippen molar-refractivity contribution in [3.63, 3.8) is 0 Å². The molecule has 0 saturated carbocycles. The molecule has 0 spiro atoms. The second kappa shape index (κ2) is 27.9. The summed E-state index contributed by atoms with van der Waals surface area (Å²) in [7, 11) is -4.35. The van der Waals surface area contributed by atoms with Crippen LogP contribution in [0.2, 0.25) is 0 Å². The van der Waals surface area contributed by atoms with E-state index in [1.165, 1.54) is 44.9 Å². The molecular weight excluding hydrogens is 533 g/mol. The van der Waals surface area contributed by atoms with Gasteiger partial charge in [0.25, 0.3) is 0 Å². The number of hydrogen-bond donors (Lipinski definition) is 2. The summed E-state index contributed by atoms with van der Waals surface area (Å²) in [5, 5.41) is 0. The number of rotatable bonds is 29. The monoisotopic (exact) mass is 591 g/mol. The molecule has 0 saturated heterocycles.